The van der Waals surface area contributed by atoms with Crippen molar-refractivity contribution in [2.24, 2.45) is 0 Å². The summed E-state index contributed by atoms with van der Waals surface area (Å²) in [6, 6.07) is 5.73. The first-order valence-electron chi connectivity index (χ1n) is 6.16. The highest BCUT2D eigenvalue weighted by molar-refractivity contribution is 5.64. The number of aromatic nitrogens is 1. The normalized spacial score (nSPS) is 9.48. The summed E-state index contributed by atoms with van der Waals surface area (Å²) in [7, 11) is 0. The maximum Gasteiger partial charge on any atom is 0.240 e. The molecule has 0 aromatic carbocycles. The maximum atomic E-state index is 9.34. The van der Waals surface area contributed by atoms with E-state index >= 15 is 0 Å². The summed E-state index contributed by atoms with van der Waals surface area (Å²) in [5.74, 6) is 0.319. The number of hydrogen-bond donors (Lipinski definition) is 3. The minimum atomic E-state index is -0.188. The SMILES string of the molecule is N#CCc1c(C#N)c(N)[nH+]c(N(CCO)CCO)c1C#N. The van der Waals surface area contributed by atoms with E-state index in [4.69, 9.17) is 26.5 Å². The van der Waals surface area contributed by atoms with Crippen LogP contribution in [0.2, 0.25) is 0 Å². The number of nitrogens with zero attached hydrogens (tertiary/aromatic N) is 4. The summed E-state index contributed by atoms with van der Waals surface area (Å²) in [5.41, 5.74) is 6.19. The van der Waals surface area contributed by atoms with Crippen LogP contribution in [0.15, 0.2) is 0 Å². The van der Waals surface area contributed by atoms with E-state index in [0.29, 0.717) is 0 Å². The minimum absolute atomic E-state index is 0.0395. The van der Waals surface area contributed by atoms with Gasteiger partial charge in [-0.3, -0.25) is 4.90 Å². The zero-order valence-electron chi connectivity index (χ0n) is 11.3. The molecule has 0 aliphatic carbocycles. The van der Waals surface area contributed by atoms with Gasteiger partial charge in [-0.05, 0) is 0 Å². The van der Waals surface area contributed by atoms with Crippen LogP contribution in [0.1, 0.15) is 16.7 Å². The molecule has 108 valence electrons. The first kappa shape index (κ1) is 16.2. The Balaban J connectivity index is 3.56. The Morgan fingerprint density at radius 3 is 2.05 bits per heavy atom. The molecule has 0 bridgehead atoms. The molecule has 0 radical (unpaired) electrons. The Labute approximate surface area is 121 Å². The van der Waals surface area contributed by atoms with Crippen molar-refractivity contribution < 1.29 is 15.2 Å². The molecule has 0 fully saturated rings. The molecule has 1 heterocycles. The third-order valence-electron chi connectivity index (χ3n) is 2.90. The van der Waals surface area contributed by atoms with Crippen LogP contribution in [0, 0.1) is 34.0 Å². The lowest BCUT2D eigenvalue weighted by molar-refractivity contribution is -0.347. The van der Waals surface area contributed by atoms with E-state index in [9.17, 15) is 5.26 Å². The zero-order valence-corrected chi connectivity index (χ0v) is 11.3. The summed E-state index contributed by atoms with van der Waals surface area (Å²) in [6.45, 7) is -0.0372. The molecule has 0 atom stereocenters. The van der Waals surface area contributed by atoms with E-state index in [-0.39, 0.29) is 61.1 Å². The number of nitrogens with two attached hydrogens (primary N) is 1. The number of aromatic amines is 1. The topological polar surface area (TPSA) is 155 Å². The second kappa shape index (κ2) is 7.66. The van der Waals surface area contributed by atoms with Crippen molar-refractivity contribution >= 4 is 11.6 Å². The number of nitrogen functional groups attached to an aromatic ring is 1. The number of anilines is 2. The van der Waals surface area contributed by atoms with Crippen molar-refractivity contribution in [3.8, 4) is 18.2 Å². The molecular weight excluding hydrogens is 272 g/mol. The number of hydrogen-bond acceptors (Lipinski definition) is 7. The fraction of sp³-hybridized carbons (Fsp3) is 0.385. The molecule has 8 nitrogen and oxygen atoms in total. The van der Waals surface area contributed by atoms with E-state index in [1.807, 2.05) is 18.2 Å². The van der Waals surface area contributed by atoms with Crippen molar-refractivity contribution in [3.05, 3.63) is 16.7 Å². The molecule has 0 amide bonds. The second-order valence-electron chi connectivity index (χ2n) is 4.11. The van der Waals surface area contributed by atoms with Gasteiger partial charge in [-0.25, -0.2) is 4.98 Å². The Hall–Kier alpha value is -2.86. The third-order valence-corrected chi connectivity index (χ3v) is 2.90. The molecule has 1 aromatic rings. The zero-order chi connectivity index (χ0) is 15.8. The lowest BCUT2D eigenvalue weighted by atomic mass is 10.0. The van der Waals surface area contributed by atoms with Crippen LogP contribution in [0.5, 0.6) is 0 Å². The molecule has 0 spiro atoms. The average Bonchev–Trinajstić information content (AvgIpc) is 2.47. The van der Waals surface area contributed by atoms with Gasteiger partial charge >= 0.3 is 0 Å². The van der Waals surface area contributed by atoms with E-state index < -0.39 is 0 Å². The fourth-order valence-corrected chi connectivity index (χ4v) is 2.00. The molecule has 0 saturated heterocycles. The highest BCUT2D eigenvalue weighted by atomic mass is 16.3. The van der Waals surface area contributed by atoms with E-state index in [1.165, 1.54) is 4.90 Å². The van der Waals surface area contributed by atoms with E-state index in [0.717, 1.165) is 0 Å². The highest BCUT2D eigenvalue weighted by Gasteiger charge is 2.25. The summed E-state index contributed by atoms with van der Waals surface area (Å²) in [4.78, 5) is 4.28. The Kier molecular flexibility index (Phi) is 5.91. The van der Waals surface area contributed by atoms with Gasteiger partial charge in [0.1, 0.15) is 23.3 Å². The molecule has 1 aromatic heterocycles. The summed E-state index contributed by atoms with van der Waals surface area (Å²) in [5, 5.41) is 45.5. The Morgan fingerprint density at radius 2 is 1.62 bits per heavy atom. The number of rotatable bonds is 6. The van der Waals surface area contributed by atoms with Gasteiger partial charge in [0.15, 0.2) is 0 Å². The molecule has 0 unspecified atom stereocenters. The summed E-state index contributed by atoms with van der Waals surface area (Å²) >= 11 is 0. The van der Waals surface area contributed by atoms with Crippen molar-refractivity contribution in [2.45, 2.75) is 6.42 Å². The standard InChI is InChI=1S/C13H14N6O2/c14-2-1-9-10(7-15)12(17)18-13(11(9)8-16)19(3-5-20)4-6-21/h20-21H,1,3-6H2,(H2,17,18)/p+1. The molecule has 0 aliphatic heterocycles. The van der Waals surface area contributed by atoms with Crippen LogP contribution in [-0.2, 0) is 6.42 Å². The number of nitriles is 3. The first-order valence-corrected chi connectivity index (χ1v) is 6.16. The van der Waals surface area contributed by atoms with Crippen LogP contribution >= 0.6 is 0 Å². The molecule has 8 heteroatoms. The van der Waals surface area contributed by atoms with Gasteiger partial charge < -0.3 is 15.9 Å². The smallest absolute Gasteiger partial charge is 0.240 e. The molecule has 5 N–H and O–H groups in total. The predicted octanol–water partition coefficient (Wildman–Crippen LogP) is -1.32. The lowest BCUT2D eigenvalue weighted by Gasteiger charge is -2.19. The minimum Gasteiger partial charge on any atom is -0.393 e. The molecule has 21 heavy (non-hydrogen) atoms. The third kappa shape index (κ3) is 3.37. The lowest BCUT2D eigenvalue weighted by Crippen LogP contribution is -2.36. The molecule has 1 rings (SSSR count). The number of aliphatic hydroxyl groups is 2. The molecule has 0 aliphatic rings. The monoisotopic (exact) mass is 287 g/mol. The Morgan fingerprint density at radius 1 is 1.05 bits per heavy atom. The number of H-pyrrole nitrogens is 1. The van der Waals surface area contributed by atoms with Crippen molar-refractivity contribution in [3.63, 3.8) is 0 Å². The fourth-order valence-electron chi connectivity index (χ4n) is 2.00. The van der Waals surface area contributed by atoms with Crippen LogP contribution in [0.3, 0.4) is 0 Å². The van der Waals surface area contributed by atoms with Crippen molar-refractivity contribution in [1.29, 1.82) is 15.8 Å². The van der Waals surface area contributed by atoms with Gasteiger partial charge in [-0.2, -0.15) is 15.8 Å². The maximum absolute atomic E-state index is 9.34. The quantitative estimate of drug-likeness (QED) is 0.586. The van der Waals surface area contributed by atoms with Gasteiger partial charge in [0.25, 0.3) is 0 Å². The van der Waals surface area contributed by atoms with E-state index in [1.54, 1.807) is 0 Å². The van der Waals surface area contributed by atoms with E-state index in [2.05, 4.69) is 4.98 Å². The van der Waals surface area contributed by atoms with Gasteiger partial charge in [0.2, 0.25) is 11.6 Å². The Bertz CT molecular complexity index is 632. The van der Waals surface area contributed by atoms with Crippen LogP contribution in [0.4, 0.5) is 11.6 Å². The van der Waals surface area contributed by atoms with Crippen molar-refractivity contribution in [2.75, 3.05) is 36.9 Å². The van der Waals surface area contributed by atoms with Crippen LogP contribution in [0.25, 0.3) is 0 Å². The number of pyridine rings is 1. The van der Waals surface area contributed by atoms with Crippen LogP contribution in [-0.4, -0.2) is 36.5 Å². The second-order valence-corrected chi connectivity index (χ2v) is 4.11. The average molecular weight is 287 g/mol. The predicted molar refractivity (Wildman–Crippen MR) is 72.5 cm³/mol. The summed E-state index contributed by atoms with van der Waals surface area (Å²) < 4.78 is 0. The first-order chi connectivity index (χ1) is 10.1. The van der Waals surface area contributed by atoms with Gasteiger partial charge in [-0.15, -0.1) is 0 Å². The highest BCUT2D eigenvalue weighted by Crippen LogP contribution is 2.24. The number of nitrogens with one attached hydrogen (secondary N) is 1. The van der Waals surface area contributed by atoms with Gasteiger partial charge in [0.05, 0.1) is 38.8 Å². The van der Waals surface area contributed by atoms with Crippen molar-refractivity contribution in [1.82, 2.24) is 0 Å². The number of aliphatic hydroxyl groups excluding tert-OH is 2. The molecular formula is C13H15N6O2+. The largest absolute Gasteiger partial charge is 0.393 e. The van der Waals surface area contributed by atoms with Crippen LogP contribution < -0.4 is 15.6 Å². The van der Waals surface area contributed by atoms with Gasteiger partial charge in [-0.1, -0.05) is 0 Å². The molecule has 0 saturated carbocycles. The summed E-state index contributed by atoms with van der Waals surface area (Å²) in [6.07, 6.45) is -0.135. The van der Waals surface area contributed by atoms with Gasteiger partial charge in [0, 0.05) is 5.56 Å².